The predicted octanol–water partition coefficient (Wildman–Crippen LogP) is 2.98. The van der Waals surface area contributed by atoms with E-state index in [-0.39, 0.29) is 6.04 Å². The summed E-state index contributed by atoms with van der Waals surface area (Å²) in [7, 11) is 0. The highest BCUT2D eigenvalue weighted by molar-refractivity contribution is 5.58. The van der Waals surface area contributed by atoms with E-state index in [0.29, 0.717) is 23.8 Å². The summed E-state index contributed by atoms with van der Waals surface area (Å²) >= 11 is 0. The summed E-state index contributed by atoms with van der Waals surface area (Å²) in [4.78, 5) is 13.0. The number of benzene rings is 1. The zero-order valence-corrected chi connectivity index (χ0v) is 17.9. The number of anilines is 2. The Hall–Kier alpha value is -3.33. The molecule has 2 N–H and O–H groups in total. The van der Waals surface area contributed by atoms with E-state index in [9.17, 15) is 8.78 Å². The molecule has 4 heterocycles. The third kappa shape index (κ3) is 3.84. The van der Waals surface area contributed by atoms with Crippen molar-refractivity contribution >= 4 is 17.6 Å². The van der Waals surface area contributed by atoms with Crippen LogP contribution in [0, 0.1) is 18.6 Å². The van der Waals surface area contributed by atoms with Crippen molar-refractivity contribution in [3.8, 4) is 5.95 Å². The fraction of sp³-hybridized carbons (Fsp3) is 0.348. The minimum absolute atomic E-state index is 0.274. The Morgan fingerprint density at radius 2 is 2.12 bits per heavy atom. The van der Waals surface area contributed by atoms with Gasteiger partial charge in [-0.3, -0.25) is 4.90 Å². The minimum atomic E-state index is -0.508. The first-order chi connectivity index (χ1) is 15.5. The van der Waals surface area contributed by atoms with E-state index in [1.165, 1.54) is 6.07 Å². The van der Waals surface area contributed by atoms with Gasteiger partial charge >= 0.3 is 0 Å². The lowest BCUT2D eigenvalue weighted by Crippen LogP contribution is -2.55. The van der Waals surface area contributed by atoms with Crippen molar-refractivity contribution in [1.29, 1.82) is 0 Å². The molecule has 2 aliphatic rings. The minimum Gasteiger partial charge on any atom is -0.384 e. The standard InChI is InChI=1S/C23H25F2N7/c1-15-16(13-28-32(15)23-27-7-6-22(26)29-23)3-2-8-30-9-10-31-18(14-30)4-5-19-20(25)11-17(24)12-21(19)31/h2-3,6-7,11-13,18H,4-5,8-10,14H2,1H3,(H2,26,27,29)/b3-2+. The molecule has 2 aliphatic heterocycles. The summed E-state index contributed by atoms with van der Waals surface area (Å²) in [5.41, 5.74) is 9.05. The van der Waals surface area contributed by atoms with Crippen molar-refractivity contribution in [3.05, 3.63) is 65.1 Å². The Morgan fingerprint density at radius 3 is 2.97 bits per heavy atom. The normalized spacial score (nSPS) is 18.7. The first-order valence-corrected chi connectivity index (χ1v) is 10.8. The van der Waals surface area contributed by atoms with Gasteiger partial charge in [-0.1, -0.05) is 12.2 Å². The van der Waals surface area contributed by atoms with Crippen LogP contribution in [0.2, 0.25) is 0 Å². The molecule has 0 amide bonds. The Labute approximate surface area is 185 Å². The second kappa shape index (κ2) is 8.31. The van der Waals surface area contributed by atoms with Gasteiger partial charge in [0.05, 0.1) is 11.9 Å². The van der Waals surface area contributed by atoms with Crippen LogP contribution in [0.15, 0.2) is 36.7 Å². The van der Waals surface area contributed by atoms with E-state index in [1.807, 2.05) is 6.92 Å². The van der Waals surface area contributed by atoms with E-state index in [1.54, 1.807) is 23.1 Å². The summed E-state index contributed by atoms with van der Waals surface area (Å²) in [5, 5.41) is 4.39. The number of fused-ring (bicyclic) bond motifs is 3. The molecule has 0 aliphatic carbocycles. The van der Waals surface area contributed by atoms with Crippen molar-refractivity contribution < 1.29 is 8.78 Å². The van der Waals surface area contributed by atoms with E-state index in [2.05, 4.69) is 37.0 Å². The Kier molecular flexibility index (Phi) is 5.34. The number of hydrogen-bond acceptors (Lipinski definition) is 6. The lowest BCUT2D eigenvalue weighted by molar-refractivity contribution is 0.233. The first kappa shape index (κ1) is 20.6. The molecule has 1 aromatic carbocycles. The quantitative estimate of drug-likeness (QED) is 0.676. The number of nitrogens with zero attached hydrogens (tertiary/aromatic N) is 6. The number of piperazine rings is 1. The first-order valence-electron chi connectivity index (χ1n) is 10.8. The predicted molar refractivity (Wildman–Crippen MR) is 120 cm³/mol. The highest BCUT2D eigenvalue weighted by atomic mass is 19.1. The maximum absolute atomic E-state index is 14.2. The van der Waals surface area contributed by atoms with Gasteiger partial charge < -0.3 is 10.6 Å². The zero-order valence-electron chi connectivity index (χ0n) is 17.9. The Balaban J connectivity index is 1.24. The second-order valence-electron chi connectivity index (χ2n) is 8.31. The lowest BCUT2D eigenvalue weighted by Gasteiger charge is -2.46. The molecule has 1 saturated heterocycles. The van der Waals surface area contributed by atoms with Crippen LogP contribution >= 0.6 is 0 Å². The molecule has 5 rings (SSSR count). The fourth-order valence-corrected chi connectivity index (χ4v) is 4.63. The maximum atomic E-state index is 14.2. The average Bonchev–Trinajstić information content (AvgIpc) is 3.13. The SMILES string of the molecule is Cc1c(/C=C/CN2CCN3c4cc(F)cc(F)c4CCC3C2)cnn1-c1nccc(N)n1. The molecule has 1 atom stereocenters. The van der Waals surface area contributed by atoms with Gasteiger partial charge in [-0.05, 0) is 31.9 Å². The number of nitrogens with two attached hydrogens (primary N) is 1. The summed E-state index contributed by atoms with van der Waals surface area (Å²) in [6.07, 6.45) is 9.11. The Bertz CT molecular complexity index is 1170. The van der Waals surface area contributed by atoms with Crippen LogP contribution in [-0.2, 0) is 6.42 Å². The van der Waals surface area contributed by atoms with Crippen LogP contribution in [0.1, 0.15) is 23.2 Å². The van der Waals surface area contributed by atoms with Crippen molar-refractivity contribution in [2.45, 2.75) is 25.8 Å². The molecule has 0 radical (unpaired) electrons. The molecule has 3 aromatic rings. The van der Waals surface area contributed by atoms with Gasteiger partial charge in [0.15, 0.2) is 0 Å². The van der Waals surface area contributed by atoms with Crippen molar-refractivity contribution in [2.24, 2.45) is 0 Å². The lowest BCUT2D eigenvalue weighted by atomic mass is 9.93. The summed E-state index contributed by atoms with van der Waals surface area (Å²) in [6, 6.07) is 4.38. The molecular weight excluding hydrogens is 412 g/mol. The third-order valence-corrected chi connectivity index (χ3v) is 6.30. The number of rotatable bonds is 4. The number of nitrogen functional groups attached to an aromatic ring is 1. The van der Waals surface area contributed by atoms with Crippen molar-refractivity contribution in [1.82, 2.24) is 24.6 Å². The monoisotopic (exact) mass is 437 g/mol. The second-order valence-corrected chi connectivity index (χ2v) is 8.31. The summed E-state index contributed by atoms with van der Waals surface area (Å²) in [6.45, 7) is 5.24. The molecule has 0 spiro atoms. The van der Waals surface area contributed by atoms with Crippen LogP contribution in [-0.4, -0.2) is 56.9 Å². The molecular formula is C23H25F2N7. The molecule has 166 valence electrons. The molecule has 0 saturated carbocycles. The van der Waals surface area contributed by atoms with Crippen LogP contribution in [0.4, 0.5) is 20.3 Å². The molecule has 9 heteroatoms. The summed E-state index contributed by atoms with van der Waals surface area (Å²) in [5.74, 6) is -0.0873. The van der Waals surface area contributed by atoms with E-state index in [4.69, 9.17) is 5.73 Å². The largest absolute Gasteiger partial charge is 0.384 e. The van der Waals surface area contributed by atoms with Gasteiger partial charge in [0.25, 0.3) is 5.95 Å². The van der Waals surface area contributed by atoms with Gasteiger partial charge in [-0.2, -0.15) is 10.1 Å². The van der Waals surface area contributed by atoms with E-state index in [0.717, 1.165) is 55.6 Å². The van der Waals surface area contributed by atoms with Crippen LogP contribution in [0.5, 0.6) is 0 Å². The smallest absolute Gasteiger partial charge is 0.252 e. The molecule has 2 aromatic heterocycles. The van der Waals surface area contributed by atoms with Crippen LogP contribution in [0.3, 0.4) is 0 Å². The molecule has 1 fully saturated rings. The van der Waals surface area contributed by atoms with Gasteiger partial charge in [-0.15, -0.1) is 0 Å². The fourth-order valence-electron chi connectivity index (χ4n) is 4.63. The molecule has 0 bridgehead atoms. The number of aromatic nitrogens is 4. The van der Waals surface area contributed by atoms with Gasteiger partial charge in [0, 0.05) is 61.3 Å². The van der Waals surface area contributed by atoms with E-state index < -0.39 is 11.6 Å². The molecule has 1 unspecified atom stereocenters. The van der Waals surface area contributed by atoms with Crippen molar-refractivity contribution in [3.63, 3.8) is 0 Å². The van der Waals surface area contributed by atoms with Crippen LogP contribution < -0.4 is 10.6 Å². The average molecular weight is 437 g/mol. The highest BCUT2D eigenvalue weighted by Gasteiger charge is 2.32. The van der Waals surface area contributed by atoms with Gasteiger partial charge in [-0.25, -0.2) is 18.4 Å². The van der Waals surface area contributed by atoms with Crippen LogP contribution in [0.25, 0.3) is 12.0 Å². The zero-order chi connectivity index (χ0) is 22.2. The highest BCUT2D eigenvalue weighted by Crippen LogP contribution is 2.35. The molecule has 7 nitrogen and oxygen atoms in total. The third-order valence-electron chi connectivity index (χ3n) is 6.30. The topological polar surface area (TPSA) is 76.1 Å². The van der Waals surface area contributed by atoms with Gasteiger partial charge in [0.2, 0.25) is 0 Å². The van der Waals surface area contributed by atoms with E-state index >= 15 is 0 Å². The number of hydrogen-bond donors (Lipinski definition) is 1. The summed E-state index contributed by atoms with van der Waals surface area (Å²) < 4.78 is 29.6. The molecule has 32 heavy (non-hydrogen) atoms. The number of halogens is 2. The maximum Gasteiger partial charge on any atom is 0.252 e. The van der Waals surface area contributed by atoms with Gasteiger partial charge in [0.1, 0.15) is 17.5 Å². The Morgan fingerprint density at radius 1 is 1.25 bits per heavy atom. The van der Waals surface area contributed by atoms with Crippen molar-refractivity contribution in [2.75, 3.05) is 36.8 Å².